The SMILES string of the molecule is O=C(/C=C1\NCCc2cc3c(cc21)OCO3)c1cccnc1Oc1ccccc1. The van der Waals surface area contributed by atoms with Gasteiger partial charge in [0.2, 0.25) is 12.7 Å². The zero-order chi connectivity index (χ0) is 19.6. The number of ether oxygens (including phenoxy) is 3. The molecule has 0 saturated carbocycles. The Morgan fingerprint density at radius 1 is 1.07 bits per heavy atom. The molecular formula is C23H18N2O4. The normalized spacial score (nSPS) is 15.5. The van der Waals surface area contributed by atoms with Crippen molar-refractivity contribution in [2.45, 2.75) is 6.42 Å². The first-order valence-electron chi connectivity index (χ1n) is 9.38. The maximum Gasteiger partial charge on any atom is 0.231 e. The molecular weight excluding hydrogens is 368 g/mol. The number of aromatic nitrogens is 1. The third-order valence-electron chi connectivity index (χ3n) is 4.87. The summed E-state index contributed by atoms with van der Waals surface area (Å²) in [7, 11) is 0. The Balaban J connectivity index is 1.48. The highest BCUT2D eigenvalue weighted by Crippen LogP contribution is 2.38. The Morgan fingerprint density at radius 3 is 2.76 bits per heavy atom. The minimum absolute atomic E-state index is 0.183. The molecule has 0 amide bonds. The molecule has 2 aromatic carbocycles. The van der Waals surface area contributed by atoms with E-state index in [4.69, 9.17) is 14.2 Å². The molecule has 0 fully saturated rings. The van der Waals surface area contributed by atoms with Crippen molar-refractivity contribution in [3.8, 4) is 23.1 Å². The van der Waals surface area contributed by atoms with Crippen LogP contribution in [0.3, 0.4) is 0 Å². The lowest BCUT2D eigenvalue weighted by Crippen LogP contribution is -2.23. The maximum atomic E-state index is 13.1. The van der Waals surface area contributed by atoms with Crippen molar-refractivity contribution in [1.29, 1.82) is 0 Å². The number of carbonyl (C=O) groups excluding carboxylic acids is 1. The fourth-order valence-electron chi connectivity index (χ4n) is 3.47. The monoisotopic (exact) mass is 386 g/mol. The molecule has 144 valence electrons. The summed E-state index contributed by atoms with van der Waals surface area (Å²) in [4.78, 5) is 17.3. The van der Waals surface area contributed by atoms with Crippen molar-refractivity contribution in [2.24, 2.45) is 0 Å². The van der Waals surface area contributed by atoms with Crippen molar-refractivity contribution in [2.75, 3.05) is 13.3 Å². The number of benzene rings is 2. The lowest BCUT2D eigenvalue weighted by atomic mass is 9.96. The molecule has 29 heavy (non-hydrogen) atoms. The van der Waals surface area contributed by atoms with Crippen LogP contribution >= 0.6 is 0 Å². The molecule has 0 bridgehead atoms. The van der Waals surface area contributed by atoms with Crippen LogP contribution in [0.25, 0.3) is 5.70 Å². The van der Waals surface area contributed by atoms with Crippen LogP contribution in [-0.4, -0.2) is 24.1 Å². The number of nitrogens with zero attached hydrogens (tertiary/aromatic N) is 1. The summed E-state index contributed by atoms with van der Waals surface area (Å²) in [5.41, 5.74) is 3.23. The number of allylic oxidation sites excluding steroid dienone is 1. The lowest BCUT2D eigenvalue weighted by Gasteiger charge is -2.21. The van der Waals surface area contributed by atoms with Crippen LogP contribution in [0.5, 0.6) is 23.1 Å². The molecule has 3 aromatic rings. The van der Waals surface area contributed by atoms with E-state index >= 15 is 0 Å². The number of fused-ring (bicyclic) bond motifs is 2. The maximum absolute atomic E-state index is 13.1. The Hall–Kier alpha value is -3.80. The summed E-state index contributed by atoms with van der Waals surface area (Å²) in [6.45, 7) is 0.964. The minimum Gasteiger partial charge on any atom is -0.454 e. The predicted molar refractivity (Wildman–Crippen MR) is 107 cm³/mol. The predicted octanol–water partition coefficient (Wildman–Crippen LogP) is 3.97. The van der Waals surface area contributed by atoms with E-state index in [9.17, 15) is 4.79 Å². The molecule has 0 radical (unpaired) electrons. The van der Waals surface area contributed by atoms with Gasteiger partial charge < -0.3 is 19.5 Å². The fraction of sp³-hybridized carbons (Fsp3) is 0.130. The third kappa shape index (κ3) is 3.40. The number of carbonyl (C=O) groups is 1. The molecule has 6 nitrogen and oxygen atoms in total. The van der Waals surface area contributed by atoms with E-state index in [0.29, 0.717) is 17.1 Å². The first kappa shape index (κ1) is 17.3. The standard InChI is InChI=1S/C23H18N2O4/c26-20(17-7-4-9-25-23(17)29-16-5-2-1-3-6-16)13-19-18-12-22-21(27-14-28-22)11-15(18)8-10-24-19/h1-7,9,11-13,24H,8,10,14H2/b19-13-. The number of para-hydroxylation sites is 1. The summed E-state index contributed by atoms with van der Waals surface area (Å²) in [5.74, 6) is 2.17. The van der Waals surface area contributed by atoms with Crippen molar-refractivity contribution >= 4 is 11.5 Å². The second kappa shape index (κ2) is 7.31. The highest BCUT2D eigenvalue weighted by molar-refractivity contribution is 6.10. The molecule has 0 spiro atoms. The molecule has 1 N–H and O–H groups in total. The average Bonchev–Trinajstić information content (AvgIpc) is 3.21. The topological polar surface area (TPSA) is 69.7 Å². The minimum atomic E-state index is -0.183. The van der Waals surface area contributed by atoms with E-state index in [-0.39, 0.29) is 18.5 Å². The van der Waals surface area contributed by atoms with Crippen LogP contribution in [0, 0.1) is 0 Å². The van der Waals surface area contributed by atoms with Crippen molar-refractivity contribution < 1.29 is 19.0 Å². The largest absolute Gasteiger partial charge is 0.454 e. The highest BCUT2D eigenvalue weighted by Gasteiger charge is 2.23. The van der Waals surface area contributed by atoms with Gasteiger partial charge in [-0.2, -0.15) is 0 Å². The molecule has 0 unspecified atom stereocenters. The van der Waals surface area contributed by atoms with Gasteiger partial charge in [-0.25, -0.2) is 4.98 Å². The summed E-state index contributed by atoms with van der Waals surface area (Å²) in [6, 6.07) is 16.6. The second-order valence-electron chi connectivity index (χ2n) is 6.73. The fourth-order valence-corrected chi connectivity index (χ4v) is 3.47. The van der Waals surface area contributed by atoms with Gasteiger partial charge in [0, 0.05) is 30.1 Å². The average molecular weight is 386 g/mol. The van der Waals surface area contributed by atoms with Crippen LogP contribution < -0.4 is 19.5 Å². The molecule has 0 aliphatic carbocycles. The zero-order valence-corrected chi connectivity index (χ0v) is 15.6. The number of nitrogens with one attached hydrogen (secondary N) is 1. The van der Waals surface area contributed by atoms with Gasteiger partial charge in [-0.3, -0.25) is 4.79 Å². The van der Waals surface area contributed by atoms with Gasteiger partial charge in [0.1, 0.15) is 5.75 Å². The first-order valence-corrected chi connectivity index (χ1v) is 9.38. The van der Waals surface area contributed by atoms with Gasteiger partial charge in [0.05, 0.1) is 5.56 Å². The number of hydrogen-bond acceptors (Lipinski definition) is 6. The van der Waals surface area contributed by atoms with E-state index in [1.54, 1.807) is 24.4 Å². The van der Waals surface area contributed by atoms with E-state index in [1.165, 1.54) is 0 Å². The number of ketones is 1. The third-order valence-corrected chi connectivity index (χ3v) is 4.87. The first-order chi connectivity index (χ1) is 14.3. The van der Waals surface area contributed by atoms with Gasteiger partial charge in [-0.05, 0) is 48.4 Å². The van der Waals surface area contributed by atoms with Gasteiger partial charge in [0.25, 0.3) is 0 Å². The van der Waals surface area contributed by atoms with Crippen molar-refractivity contribution in [1.82, 2.24) is 10.3 Å². The summed E-state index contributed by atoms with van der Waals surface area (Å²) in [6.07, 6.45) is 4.05. The van der Waals surface area contributed by atoms with E-state index in [1.807, 2.05) is 42.5 Å². The number of rotatable bonds is 4. The Labute approximate surface area is 167 Å². The van der Waals surface area contributed by atoms with E-state index in [2.05, 4.69) is 10.3 Å². The molecule has 0 atom stereocenters. The molecule has 1 aromatic heterocycles. The quantitative estimate of drug-likeness (QED) is 0.540. The molecule has 2 aliphatic heterocycles. The van der Waals surface area contributed by atoms with Crippen LogP contribution in [0.4, 0.5) is 0 Å². The van der Waals surface area contributed by atoms with E-state index < -0.39 is 0 Å². The van der Waals surface area contributed by atoms with Crippen LogP contribution in [0.15, 0.2) is 66.9 Å². The second-order valence-corrected chi connectivity index (χ2v) is 6.73. The summed E-state index contributed by atoms with van der Waals surface area (Å²) >= 11 is 0. The van der Waals surface area contributed by atoms with Crippen molar-refractivity contribution in [3.05, 3.63) is 83.6 Å². The molecule has 5 rings (SSSR count). The Morgan fingerprint density at radius 2 is 1.90 bits per heavy atom. The number of hydrogen-bond donors (Lipinski definition) is 1. The van der Waals surface area contributed by atoms with Crippen LogP contribution in [-0.2, 0) is 6.42 Å². The molecule has 3 heterocycles. The summed E-state index contributed by atoms with van der Waals surface area (Å²) < 4.78 is 16.8. The van der Waals surface area contributed by atoms with Crippen molar-refractivity contribution in [3.63, 3.8) is 0 Å². The molecule has 0 saturated heterocycles. The smallest absolute Gasteiger partial charge is 0.231 e. The highest BCUT2D eigenvalue weighted by atomic mass is 16.7. The molecule has 2 aliphatic rings. The molecule has 6 heteroatoms. The number of pyridine rings is 1. The van der Waals surface area contributed by atoms with Gasteiger partial charge in [0.15, 0.2) is 17.3 Å². The van der Waals surface area contributed by atoms with E-state index in [0.717, 1.165) is 35.5 Å². The van der Waals surface area contributed by atoms with Crippen LogP contribution in [0.2, 0.25) is 0 Å². The van der Waals surface area contributed by atoms with Gasteiger partial charge in [-0.1, -0.05) is 18.2 Å². The lowest BCUT2D eigenvalue weighted by molar-refractivity contribution is 0.104. The van der Waals surface area contributed by atoms with Crippen LogP contribution in [0.1, 0.15) is 21.5 Å². The summed E-state index contributed by atoms with van der Waals surface area (Å²) in [5, 5.41) is 3.32. The Kier molecular flexibility index (Phi) is 4.37. The Bertz CT molecular complexity index is 1110. The zero-order valence-electron chi connectivity index (χ0n) is 15.6. The van der Waals surface area contributed by atoms with Gasteiger partial charge in [-0.15, -0.1) is 0 Å². The van der Waals surface area contributed by atoms with Gasteiger partial charge >= 0.3 is 0 Å².